The number of anilines is 1. The highest BCUT2D eigenvalue weighted by molar-refractivity contribution is 9.10. The molecule has 190 valence electrons. The van der Waals surface area contributed by atoms with Crippen molar-refractivity contribution in [3.63, 3.8) is 0 Å². The van der Waals surface area contributed by atoms with Gasteiger partial charge in [-0.15, -0.1) is 0 Å². The predicted octanol–water partition coefficient (Wildman–Crippen LogP) is 6.36. The summed E-state index contributed by atoms with van der Waals surface area (Å²) in [6, 6.07) is 15.1. The third-order valence-electron chi connectivity index (χ3n) is 5.49. The van der Waals surface area contributed by atoms with Gasteiger partial charge in [-0.3, -0.25) is 14.9 Å². The molecule has 4 amide bonds. The number of imide groups is 2. The molecule has 9 heteroatoms. The summed E-state index contributed by atoms with van der Waals surface area (Å²) in [4.78, 5) is 39.1. The number of amides is 4. The average molecular weight is 584 g/mol. The molecular formula is C28H24BrClN2O5. The molecule has 0 atom stereocenters. The monoisotopic (exact) mass is 582 g/mol. The molecule has 1 N–H and O–H groups in total. The van der Waals surface area contributed by atoms with Gasteiger partial charge in [-0.1, -0.05) is 56.9 Å². The first-order chi connectivity index (χ1) is 17.7. The van der Waals surface area contributed by atoms with E-state index in [1.165, 1.54) is 6.08 Å². The minimum atomic E-state index is -0.822. The van der Waals surface area contributed by atoms with Gasteiger partial charge >= 0.3 is 6.03 Å². The standard InChI is InChI=1S/C28H24BrClN2O5/c1-4-36-24-14-18(13-23(30)25(24)37-15-19-10-16(2)9-17(3)11-19)12-22-26(33)31-28(35)32(27(22)34)21-7-5-20(29)6-8-21/h5-14H,4,15H2,1-3H3,(H,31,33,35)/b22-12+. The van der Waals surface area contributed by atoms with Gasteiger partial charge in [0.2, 0.25) is 0 Å². The minimum Gasteiger partial charge on any atom is -0.490 e. The van der Waals surface area contributed by atoms with Gasteiger partial charge in [0.15, 0.2) is 11.5 Å². The highest BCUT2D eigenvalue weighted by Crippen LogP contribution is 2.38. The number of rotatable bonds is 7. The second-order valence-corrected chi connectivity index (χ2v) is 9.80. The summed E-state index contributed by atoms with van der Waals surface area (Å²) in [5.74, 6) is -0.820. The molecule has 4 rings (SSSR count). The molecule has 1 aliphatic heterocycles. The van der Waals surface area contributed by atoms with Crippen LogP contribution < -0.4 is 19.7 Å². The van der Waals surface area contributed by atoms with Gasteiger partial charge in [0, 0.05) is 4.47 Å². The number of carbonyl (C=O) groups excluding carboxylic acids is 3. The maximum atomic E-state index is 13.2. The molecule has 0 radical (unpaired) electrons. The highest BCUT2D eigenvalue weighted by atomic mass is 79.9. The predicted molar refractivity (Wildman–Crippen MR) is 146 cm³/mol. The fourth-order valence-electron chi connectivity index (χ4n) is 4.03. The van der Waals surface area contributed by atoms with Crippen LogP contribution in [0.25, 0.3) is 6.08 Å². The smallest absolute Gasteiger partial charge is 0.335 e. The minimum absolute atomic E-state index is 0.218. The molecule has 1 saturated heterocycles. The Labute approximate surface area is 228 Å². The maximum absolute atomic E-state index is 13.2. The number of halogens is 2. The normalized spacial score (nSPS) is 14.7. The molecule has 0 spiro atoms. The number of benzene rings is 3. The van der Waals surface area contributed by atoms with Crippen molar-refractivity contribution in [1.29, 1.82) is 0 Å². The van der Waals surface area contributed by atoms with Crippen molar-refractivity contribution < 1.29 is 23.9 Å². The number of nitrogens with one attached hydrogen (secondary N) is 1. The van der Waals surface area contributed by atoms with Crippen LogP contribution in [0.5, 0.6) is 11.5 Å². The lowest BCUT2D eigenvalue weighted by atomic mass is 10.1. The molecule has 0 aromatic heterocycles. The molecule has 0 bridgehead atoms. The van der Waals surface area contributed by atoms with Gasteiger partial charge in [-0.2, -0.15) is 0 Å². The van der Waals surface area contributed by atoms with Gasteiger partial charge in [0.25, 0.3) is 11.8 Å². The van der Waals surface area contributed by atoms with Crippen LogP contribution >= 0.6 is 27.5 Å². The lowest BCUT2D eigenvalue weighted by molar-refractivity contribution is -0.122. The first-order valence-corrected chi connectivity index (χ1v) is 12.7. The van der Waals surface area contributed by atoms with E-state index < -0.39 is 17.8 Å². The van der Waals surface area contributed by atoms with Crippen LogP contribution in [0.1, 0.15) is 29.2 Å². The van der Waals surface area contributed by atoms with Crippen LogP contribution in [-0.2, 0) is 16.2 Å². The molecule has 1 aliphatic rings. The Bertz CT molecular complexity index is 1400. The summed E-state index contributed by atoms with van der Waals surface area (Å²) in [5, 5.41) is 2.47. The summed E-state index contributed by atoms with van der Waals surface area (Å²) in [6.07, 6.45) is 1.37. The second kappa shape index (κ2) is 11.2. The van der Waals surface area contributed by atoms with Crippen molar-refractivity contribution in [2.45, 2.75) is 27.4 Å². The first kappa shape index (κ1) is 26.4. The van der Waals surface area contributed by atoms with Gasteiger partial charge in [0.05, 0.1) is 17.3 Å². The zero-order chi connectivity index (χ0) is 26.7. The van der Waals surface area contributed by atoms with Crippen molar-refractivity contribution in [3.8, 4) is 11.5 Å². The molecule has 0 unspecified atom stereocenters. The number of carbonyl (C=O) groups is 3. The van der Waals surface area contributed by atoms with Crippen LogP contribution in [0.3, 0.4) is 0 Å². The fraction of sp³-hybridized carbons (Fsp3) is 0.179. The SMILES string of the molecule is CCOc1cc(/C=C2\C(=O)NC(=O)N(c3ccc(Br)cc3)C2=O)cc(Cl)c1OCc1cc(C)cc(C)c1. The van der Waals surface area contributed by atoms with E-state index in [-0.39, 0.29) is 17.2 Å². The molecule has 3 aromatic carbocycles. The summed E-state index contributed by atoms with van der Waals surface area (Å²) in [5.41, 5.74) is 3.79. The van der Waals surface area contributed by atoms with E-state index in [1.54, 1.807) is 36.4 Å². The zero-order valence-electron chi connectivity index (χ0n) is 20.4. The van der Waals surface area contributed by atoms with Gasteiger partial charge in [-0.05, 0) is 74.4 Å². The van der Waals surface area contributed by atoms with Crippen molar-refractivity contribution in [2.24, 2.45) is 0 Å². The molecule has 37 heavy (non-hydrogen) atoms. The van der Waals surface area contributed by atoms with Gasteiger partial charge in [-0.25, -0.2) is 9.69 Å². The summed E-state index contributed by atoms with van der Waals surface area (Å²) in [7, 11) is 0. The van der Waals surface area contributed by atoms with Crippen molar-refractivity contribution in [2.75, 3.05) is 11.5 Å². The van der Waals surface area contributed by atoms with E-state index >= 15 is 0 Å². The Hall–Kier alpha value is -3.62. The quantitative estimate of drug-likeness (QED) is 0.258. The Morgan fingerprint density at radius 2 is 1.65 bits per heavy atom. The molecule has 7 nitrogen and oxygen atoms in total. The molecular weight excluding hydrogens is 560 g/mol. The molecule has 1 heterocycles. The van der Waals surface area contributed by atoms with Crippen molar-refractivity contribution in [3.05, 3.63) is 91.9 Å². The van der Waals surface area contributed by atoms with E-state index in [1.807, 2.05) is 32.9 Å². The summed E-state index contributed by atoms with van der Waals surface area (Å²) < 4.78 is 12.6. The number of urea groups is 1. The van der Waals surface area contributed by atoms with E-state index in [2.05, 4.69) is 27.3 Å². The van der Waals surface area contributed by atoms with E-state index in [0.29, 0.717) is 29.4 Å². The number of ether oxygens (including phenoxy) is 2. The molecule has 1 fully saturated rings. The fourth-order valence-corrected chi connectivity index (χ4v) is 4.57. The molecule has 0 saturated carbocycles. The summed E-state index contributed by atoms with van der Waals surface area (Å²) >= 11 is 9.89. The van der Waals surface area contributed by atoms with Crippen molar-refractivity contribution >= 4 is 57.1 Å². The number of hydrogen-bond donors (Lipinski definition) is 1. The third-order valence-corrected chi connectivity index (χ3v) is 6.30. The van der Waals surface area contributed by atoms with E-state index in [4.69, 9.17) is 21.1 Å². The Morgan fingerprint density at radius 1 is 0.973 bits per heavy atom. The van der Waals surface area contributed by atoms with Crippen LogP contribution in [0.2, 0.25) is 5.02 Å². The number of nitrogens with zero attached hydrogens (tertiary/aromatic N) is 1. The third kappa shape index (κ3) is 6.03. The Kier molecular flexibility index (Phi) is 8.00. The highest BCUT2D eigenvalue weighted by Gasteiger charge is 2.36. The van der Waals surface area contributed by atoms with E-state index in [0.717, 1.165) is 26.1 Å². The Morgan fingerprint density at radius 3 is 2.30 bits per heavy atom. The lowest BCUT2D eigenvalue weighted by Crippen LogP contribution is -2.54. The summed E-state index contributed by atoms with van der Waals surface area (Å²) in [6.45, 7) is 6.50. The second-order valence-electron chi connectivity index (χ2n) is 8.48. The Balaban J connectivity index is 1.66. The lowest BCUT2D eigenvalue weighted by Gasteiger charge is -2.26. The van der Waals surface area contributed by atoms with Crippen molar-refractivity contribution in [1.82, 2.24) is 5.32 Å². The number of barbiturate groups is 1. The van der Waals surface area contributed by atoms with Crippen LogP contribution in [0.15, 0.2) is 64.6 Å². The molecule has 0 aliphatic carbocycles. The van der Waals surface area contributed by atoms with Gasteiger partial charge in [0.1, 0.15) is 12.2 Å². The largest absolute Gasteiger partial charge is 0.490 e. The zero-order valence-corrected chi connectivity index (χ0v) is 22.8. The first-order valence-electron chi connectivity index (χ1n) is 11.5. The number of hydrogen-bond acceptors (Lipinski definition) is 5. The van der Waals surface area contributed by atoms with Gasteiger partial charge < -0.3 is 9.47 Å². The van der Waals surface area contributed by atoms with Crippen LogP contribution in [0.4, 0.5) is 10.5 Å². The van der Waals surface area contributed by atoms with Crippen LogP contribution in [-0.4, -0.2) is 24.5 Å². The van der Waals surface area contributed by atoms with Crippen LogP contribution in [0, 0.1) is 13.8 Å². The van der Waals surface area contributed by atoms with E-state index in [9.17, 15) is 14.4 Å². The number of aryl methyl sites for hydroxylation is 2. The molecule has 3 aromatic rings. The average Bonchev–Trinajstić information content (AvgIpc) is 2.82. The maximum Gasteiger partial charge on any atom is 0.335 e. The topological polar surface area (TPSA) is 84.9 Å².